The highest BCUT2D eigenvalue weighted by molar-refractivity contribution is 6.08. The van der Waals surface area contributed by atoms with Crippen molar-refractivity contribution in [3.05, 3.63) is 54.1 Å². The number of rotatable bonds is 7. The molecule has 0 unspecified atom stereocenters. The van der Waals surface area contributed by atoms with Crippen molar-refractivity contribution in [2.24, 2.45) is 0 Å². The summed E-state index contributed by atoms with van der Waals surface area (Å²) < 4.78 is 10.0. The van der Waals surface area contributed by atoms with Crippen molar-refractivity contribution in [3.8, 4) is 5.75 Å². The molecule has 2 aromatic carbocycles. The molecule has 7 heteroatoms. The second-order valence-electron chi connectivity index (χ2n) is 5.27. The Hall–Kier alpha value is -3.35. The van der Waals surface area contributed by atoms with Gasteiger partial charge in [-0.2, -0.15) is 0 Å². The zero-order valence-electron chi connectivity index (χ0n) is 14.6. The minimum atomic E-state index is -0.470. The molecule has 2 amide bonds. The van der Waals surface area contributed by atoms with Gasteiger partial charge in [-0.05, 0) is 43.3 Å². The number of para-hydroxylation sites is 2. The summed E-state index contributed by atoms with van der Waals surface area (Å²) in [6.07, 6.45) is -0.348. The molecule has 2 N–H and O–H groups in total. The first-order chi connectivity index (χ1) is 12.5. The van der Waals surface area contributed by atoms with E-state index in [1.54, 1.807) is 36.4 Å². The highest BCUT2D eigenvalue weighted by Gasteiger charge is 2.13. The molecule has 0 bridgehead atoms. The maximum absolute atomic E-state index is 12.1. The fourth-order valence-electron chi connectivity index (χ4n) is 2.20. The van der Waals surface area contributed by atoms with Crippen LogP contribution in [0, 0.1) is 0 Å². The van der Waals surface area contributed by atoms with Crippen LogP contribution in [-0.2, 0) is 14.3 Å². The summed E-state index contributed by atoms with van der Waals surface area (Å²) >= 11 is 0. The van der Waals surface area contributed by atoms with E-state index in [1.165, 1.54) is 19.2 Å². The minimum Gasteiger partial charge on any atom is -0.492 e. The Balaban J connectivity index is 1.91. The van der Waals surface area contributed by atoms with Gasteiger partial charge in [-0.25, -0.2) is 4.79 Å². The first kappa shape index (κ1) is 19.0. The molecule has 7 nitrogen and oxygen atoms in total. The minimum absolute atomic E-state index is 0.348. The van der Waals surface area contributed by atoms with E-state index >= 15 is 0 Å². The molecule has 0 saturated carbocycles. The largest absolute Gasteiger partial charge is 0.492 e. The molecule has 0 radical (unpaired) electrons. The lowest BCUT2D eigenvalue weighted by molar-refractivity contribution is -0.123. The van der Waals surface area contributed by atoms with Crippen LogP contribution in [0.15, 0.2) is 48.5 Å². The van der Waals surface area contributed by atoms with E-state index in [-0.39, 0.29) is 6.42 Å². The van der Waals surface area contributed by atoms with Gasteiger partial charge in [0.05, 0.1) is 25.0 Å². The van der Waals surface area contributed by atoms with Crippen molar-refractivity contribution >= 4 is 29.2 Å². The molecular formula is C19H20N2O5. The van der Waals surface area contributed by atoms with Crippen LogP contribution in [0.3, 0.4) is 0 Å². The fraction of sp³-hybridized carbons (Fsp3) is 0.211. The van der Waals surface area contributed by atoms with Gasteiger partial charge in [0, 0.05) is 5.69 Å². The number of esters is 1. The van der Waals surface area contributed by atoms with Crippen molar-refractivity contribution in [2.45, 2.75) is 13.3 Å². The first-order valence-corrected chi connectivity index (χ1v) is 8.03. The zero-order valence-corrected chi connectivity index (χ0v) is 14.6. The average molecular weight is 356 g/mol. The Morgan fingerprint density at radius 1 is 0.923 bits per heavy atom. The normalized spacial score (nSPS) is 9.92. The van der Waals surface area contributed by atoms with Gasteiger partial charge < -0.3 is 20.1 Å². The van der Waals surface area contributed by atoms with Crippen LogP contribution in [-0.4, -0.2) is 31.5 Å². The van der Waals surface area contributed by atoms with Gasteiger partial charge in [0.15, 0.2) is 0 Å². The summed E-state index contributed by atoms with van der Waals surface area (Å²) in [7, 11) is 1.29. The number of hydrogen-bond acceptors (Lipinski definition) is 5. The van der Waals surface area contributed by atoms with Gasteiger partial charge in [0.1, 0.15) is 12.2 Å². The van der Waals surface area contributed by atoms with E-state index in [0.29, 0.717) is 29.3 Å². The maximum atomic E-state index is 12.1. The lowest BCUT2D eigenvalue weighted by Crippen LogP contribution is -2.21. The van der Waals surface area contributed by atoms with E-state index < -0.39 is 17.8 Å². The van der Waals surface area contributed by atoms with Crippen molar-refractivity contribution in [1.29, 1.82) is 0 Å². The molecule has 136 valence electrons. The average Bonchev–Trinajstić information content (AvgIpc) is 2.63. The van der Waals surface area contributed by atoms with E-state index in [0.717, 1.165) is 0 Å². The van der Waals surface area contributed by atoms with Gasteiger partial charge >= 0.3 is 5.97 Å². The van der Waals surface area contributed by atoms with Gasteiger partial charge in [-0.15, -0.1) is 0 Å². The molecule has 2 aromatic rings. The van der Waals surface area contributed by atoms with Crippen molar-refractivity contribution in [2.75, 3.05) is 24.4 Å². The number of anilines is 2. The van der Waals surface area contributed by atoms with E-state index in [9.17, 15) is 14.4 Å². The number of nitrogens with one attached hydrogen (secondary N) is 2. The van der Waals surface area contributed by atoms with Crippen LogP contribution >= 0.6 is 0 Å². The molecule has 0 spiro atoms. The van der Waals surface area contributed by atoms with Gasteiger partial charge in [-0.3, -0.25) is 9.59 Å². The molecule has 0 aliphatic rings. The molecular weight excluding hydrogens is 336 g/mol. The third-order valence-electron chi connectivity index (χ3n) is 3.37. The first-order valence-electron chi connectivity index (χ1n) is 8.03. The Kier molecular flexibility index (Phi) is 6.73. The predicted octanol–water partition coefficient (Wildman–Crippen LogP) is 2.84. The number of carbonyl (C=O) groups is 3. The summed E-state index contributed by atoms with van der Waals surface area (Å²) in [4.78, 5) is 35.4. The summed E-state index contributed by atoms with van der Waals surface area (Å²) in [5.74, 6) is -0.847. The van der Waals surface area contributed by atoms with Gasteiger partial charge in [0.25, 0.3) is 0 Å². The zero-order chi connectivity index (χ0) is 18.9. The van der Waals surface area contributed by atoms with Gasteiger partial charge in [-0.1, -0.05) is 12.1 Å². The molecule has 0 aliphatic heterocycles. The van der Waals surface area contributed by atoms with Crippen LogP contribution in [0.2, 0.25) is 0 Å². The SMILES string of the molecule is CCOc1ccccc1NC(=O)CC(=O)Nc1ccc(C(=O)OC)cc1. The van der Waals surface area contributed by atoms with E-state index in [4.69, 9.17) is 4.74 Å². The third kappa shape index (κ3) is 5.34. The second-order valence-corrected chi connectivity index (χ2v) is 5.27. The van der Waals surface area contributed by atoms with Crippen LogP contribution in [0.1, 0.15) is 23.7 Å². The van der Waals surface area contributed by atoms with Crippen LogP contribution in [0.4, 0.5) is 11.4 Å². The number of methoxy groups -OCH3 is 1. The third-order valence-corrected chi connectivity index (χ3v) is 3.37. The molecule has 0 aromatic heterocycles. The summed E-state index contributed by atoms with van der Waals surface area (Å²) in [6, 6.07) is 13.2. The van der Waals surface area contributed by atoms with Crippen LogP contribution < -0.4 is 15.4 Å². The second kappa shape index (κ2) is 9.22. The summed E-state index contributed by atoms with van der Waals surface area (Å²) in [5, 5.41) is 5.26. The highest BCUT2D eigenvalue weighted by Crippen LogP contribution is 2.23. The molecule has 0 saturated heterocycles. The molecule has 0 atom stereocenters. The molecule has 2 rings (SSSR count). The number of ether oxygens (including phenoxy) is 2. The Bertz CT molecular complexity index is 787. The molecule has 0 aliphatic carbocycles. The van der Waals surface area contributed by atoms with Crippen molar-refractivity contribution < 1.29 is 23.9 Å². The number of hydrogen-bond donors (Lipinski definition) is 2. The summed E-state index contributed by atoms with van der Waals surface area (Å²) in [6.45, 7) is 2.31. The molecule has 0 heterocycles. The van der Waals surface area contributed by atoms with Crippen molar-refractivity contribution in [3.63, 3.8) is 0 Å². The highest BCUT2D eigenvalue weighted by atomic mass is 16.5. The number of amides is 2. The quantitative estimate of drug-likeness (QED) is 0.588. The standard InChI is InChI=1S/C19H20N2O5/c1-3-26-16-7-5-4-6-15(16)21-18(23)12-17(22)20-14-10-8-13(9-11-14)19(24)25-2/h4-11H,3,12H2,1-2H3,(H,20,22)(H,21,23). The fourth-order valence-corrected chi connectivity index (χ4v) is 2.20. The van der Waals surface area contributed by atoms with Crippen LogP contribution in [0.25, 0.3) is 0 Å². The van der Waals surface area contributed by atoms with E-state index in [1.807, 2.05) is 6.92 Å². The lowest BCUT2D eigenvalue weighted by atomic mass is 10.2. The van der Waals surface area contributed by atoms with Crippen molar-refractivity contribution in [1.82, 2.24) is 0 Å². The molecule has 26 heavy (non-hydrogen) atoms. The Morgan fingerprint density at radius 2 is 1.58 bits per heavy atom. The maximum Gasteiger partial charge on any atom is 0.337 e. The van der Waals surface area contributed by atoms with Gasteiger partial charge in [0.2, 0.25) is 11.8 Å². The van der Waals surface area contributed by atoms with Crippen LogP contribution in [0.5, 0.6) is 5.75 Å². The monoisotopic (exact) mass is 356 g/mol. The molecule has 0 fully saturated rings. The summed E-state index contributed by atoms with van der Waals surface area (Å²) in [5.41, 5.74) is 1.36. The smallest absolute Gasteiger partial charge is 0.337 e. The topological polar surface area (TPSA) is 93.7 Å². The lowest BCUT2D eigenvalue weighted by Gasteiger charge is -2.11. The predicted molar refractivity (Wildman–Crippen MR) is 97.3 cm³/mol. The van der Waals surface area contributed by atoms with E-state index in [2.05, 4.69) is 15.4 Å². The Labute approximate surface area is 151 Å². The Morgan fingerprint density at radius 3 is 2.23 bits per heavy atom. The number of benzene rings is 2. The number of carbonyl (C=O) groups excluding carboxylic acids is 3.